The summed E-state index contributed by atoms with van der Waals surface area (Å²) in [6.45, 7) is 7.83. The van der Waals surface area contributed by atoms with Crippen LogP contribution in [0.1, 0.15) is 44.4 Å². The van der Waals surface area contributed by atoms with Crippen LogP contribution in [0.2, 0.25) is 4.34 Å². The van der Waals surface area contributed by atoms with Gasteiger partial charge in [0.1, 0.15) is 12.4 Å². The lowest BCUT2D eigenvalue weighted by Gasteiger charge is -2.34. The Labute approximate surface area is 191 Å². The van der Waals surface area contributed by atoms with E-state index in [1.807, 2.05) is 17.8 Å². The molecule has 1 saturated heterocycles. The second-order valence-electron chi connectivity index (χ2n) is 8.02. The van der Waals surface area contributed by atoms with Gasteiger partial charge in [-0.25, -0.2) is 0 Å². The molecule has 0 spiro atoms. The SMILES string of the molecule is C=C(NOCc1ccc(Cl)s1)C1=C(OC(=O)C(C)C)CC(C2CCCSC2)CC1=O. The Morgan fingerprint density at radius 2 is 2.13 bits per heavy atom. The highest BCUT2D eigenvalue weighted by atomic mass is 35.5. The van der Waals surface area contributed by atoms with Gasteiger partial charge < -0.3 is 4.74 Å². The first-order valence-electron chi connectivity index (χ1n) is 10.2. The van der Waals surface area contributed by atoms with Gasteiger partial charge in [0, 0.05) is 17.7 Å². The average Bonchev–Trinajstić information content (AvgIpc) is 3.13. The summed E-state index contributed by atoms with van der Waals surface area (Å²) in [7, 11) is 0. The summed E-state index contributed by atoms with van der Waals surface area (Å²) in [4.78, 5) is 31.8. The molecule has 0 amide bonds. The average molecular weight is 470 g/mol. The number of rotatable bonds is 8. The highest BCUT2D eigenvalue weighted by Crippen LogP contribution is 2.40. The van der Waals surface area contributed by atoms with E-state index in [2.05, 4.69) is 12.1 Å². The minimum Gasteiger partial charge on any atom is -0.430 e. The standard InChI is InChI=1S/C22H28ClNO4S2/c1-13(2)22(26)28-19-10-16(15-5-4-8-29-12-15)9-18(25)21(19)14(3)24-27-11-17-6-7-20(23)30-17/h6-7,13,15-16,24H,3-5,8-12H2,1-2H3. The maximum atomic E-state index is 13.1. The van der Waals surface area contributed by atoms with Crippen molar-refractivity contribution in [1.29, 1.82) is 0 Å². The van der Waals surface area contributed by atoms with E-state index in [1.165, 1.54) is 23.5 Å². The fraction of sp³-hybridized carbons (Fsp3) is 0.545. The zero-order chi connectivity index (χ0) is 21.7. The minimum atomic E-state index is -0.337. The summed E-state index contributed by atoms with van der Waals surface area (Å²) >= 11 is 9.30. The van der Waals surface area contributed by atoms with Crippen LogP contribution in [-0.4, -0.2) is 23.3 Å². The molecule has 0 bridgehead atoms. The van der Waals surface area contributed by atoms with Gasteiger partial charge in [-0.2, -0.15) is 11.8 Å². The lowest BCUT2D eigenvalue weighted by Crippen LogP contribution is -2.32. The number of ketones is 1. The van der Waals surface area contributed by atoms with Gasteiger partial charge in [-0.3, -0.25) is 19.9 Å². The van der Waals surface area contributed by atoms with Crippen LogP contribution in [0.25, 0.3) is 0 Å². The molecule has 1 fully saturated rings. The lowest BCUT2D eigenvalue weighted by molar-refractivity contribution is -0.143. The molecule has 164 valence electrons. The number of thiophene rings is 1. The van der Waals surface area contributed by atoms with Crippen molar-refractivity contribution in [1.82, 2.24) is 5.48 Å². The number of esters is 1. The second kappa shape index (κ2) is 10.8. The van der Waals surface area contributed by atoms with Gasteiger partial charge in [-0.15, -0.1) is 11.3 Å². The monoisotopic (exact) mass is 469 g/mol. The Kier molecular flexibility index (Phi) is 8.45. The molecule has 2 unspecified atom stereocenters. The van der Waals surface area contributed by atoms with E-state index < -0.39 is 0 Å². The number of halogens is 1. The number of hydroxylamine groups is 1. The number of thioether (sulfide) groups is 1. The van der Waals surface area contributed by atoms with Crippen LogP contribution in [-0.2, 0) is 25.8 Å². The predicted octanol–water partition coefficient (Wildman–Crippen LogP) is 5.51. The van der Waals surface area contributed by atoms with Gasteiger partial charge in [0.05, 0.1) is 21.5 Å². The fourth-order valence-corrected chi connectivity index (χ4v) is 6.00. The van der Waals surface area contributed by atoms with Crippen LogP contribution < -0.4 is 5.48 Å². The molecule has 0 aromatic carbocycles. The van der Waals surface area contributed by atoms with E-state index in [0.717, 1.165) is 17.1 Å². The summed E-state index contributed by atoms with van der Waals surface area (Å²) in [6.07, 6.45) is 3.32. The van der Waals surface area contributed by atoms with Crippen LogP contribution in [0.15, 0.2) is 35.7 Å². The quantitative estimate of drug-likeness (QED) is 0.400. The third-order valence-electron chi connectivity index (χ3n) is 5.35. The summed E-state index contributed by atoms with van der Waals surface area (Å²) in [6, 6.07) is 3.69. The number of carbonyl (C=O) groups is 2. The normalized spacial score (nSPS) is 22.3. The summed E-state index contributed by atoms with van der Waals surface area (Å²) < 4.78 is 6.37. The third kappa shape index (κ3) is 6.13. The highest BCUT2D eigenvalue weighted by Gasteiger charge is 2.36. The van der Waals surface area contributed by atoms with Gasteiger partial charge in [-0.1, -0.05) is 32.0 Å². The zero-order valence-electron chi connectivity index (χ0n) is 17.4. The molecule has 2 aliphatic rings. The number of carbonyl (C=O) groups excluding carboxylic acids is 2. The van der Waals surface area contributed by atoms with Crippen LogP contribution in [0.4, 0.5) is 0 Å². The predicted molar refractivity (Wildman–Crippen MR) is 122 cm³/mol. The highest BCUT2D eigenvalue weighted by molar-refractivity contribution is 7.99. The number of allylic oxidation sites excluding steroid dienone is 2. The van der Waals surface area contributed by atoms with Gasteiger partial charge in [-0.05, 0) is 48.3 Å². The maximum Gasteiger partial charge on any atom is 0.313 e. The summed E-state index contributed by atoms with van der Waals surface area (Å²) in [5.41, 5.74) is 3.43. The van der Waals surface area contributed by atoms with Crippen LogP contribution in [0.3, 0.4) is 0 Å². The van der Waals surface area contributed by atoms with Crippen molar-refractivity contribution < 1.29 is 19.2 Å². The molecule has 1 N–H and O–H groups in total. The van der Waals surface area contributed by atoms with Crippen molar-refractivity contribution in [2.24, 2.45) is 17.8 Å². The van der Waals surface area contributed by atoms with Crippen LogP contribution >= 0.6 is 34.7 Å². The molecule has 1 aromatic heterocycles. The number of hydrogen-bond donors (Lipinski definition) is 1. The van der Waals surface area contributed by atoms with E-state index in [9.17, 15) is 9.59 Å². The summed E-state index contributed by atoms with van der Waals surface area (Å²) in [5.74, 6) is 2.68. The van der Waals surface area contributed by atoms with Crippen LogP contribution in [0.5, 0.6) is 0 Å². The number of ether oxygens (including phenoxy) is 1. The largest absolute Gasteiger partial charge is 0.430 e. The van der Waals surface area contributed by atoms with E-state index in [4.69, 9.17) is 21.2 Å². The Morgan fingerprint density at radius 1 is 1.33 bits per heavy atom. The molecular formula is C22H28ClNO4S2. The first kappa shape index (κ1) is 23.4. The molecule has 30 heavy (non-hydrogen) atoms. The van der Waals surface area contributed by atoms with E-state index in [1.54, 1.807) is 19.9 Å². The summed E-state index contributed by atoms with van der Waals surface area (Å²) in [5, 5.41) is 0. The number of Topliss-reactive ketones (excluding diaryl/α,β-unsaturated/α-hetero) is 1. The van der Waals surface area contributed by atoms with Gasteiger partial charge in [0.25, 0.3) is 0 Å². The van der Waals surface area contributed by atoms with E-state index >= 15 is 0 Å². The van der Waals surface area contributed by atoms with Crippen molar-refractivity contribution in [3.63, 3.8) is 0 Å². The first-order chi connectivity index (χ1) is 14.3. The Morgan fingerprint density at radius 3 is 2.77 bits per heavy atom. The van der Waals surface area contributed by atoms with Gasteiger partial charge >= 0.3 is 5.97 Å². The Balaban J connectivity index is 1.73. The van der Waals surface area contributed by atoms with Crippen molar-refractivity contribution in [2.45, 2.75) is 46.1 Å². The fourth-order valence-electron chi connectivity index (χ4n) is 3.72. The Bertz CT molecular complexity index is 827. The molecule has 1 aliphatic heterocycles. The molecule has 5 nitrogen and oxygen atoms in total. The molecule has 0 radical (unpaired) electrons. The van der Waals surface area contributed by atoms with Gasteiger partial charge in [0.15, 0.2) is 5.78 Å². The topological polar surface area (TPSA) is 64.6 Å². The molecule has 1 aromatic rings. The second-order valence-corrected chi connectivity index (χ2v) is 11.0. The van der Waals surface area contributed by atoms with E-state index in [-0.39, 0.29) is 23.6 Å². The molecule has 2 heterocycles. The first-order valence-corrected chi connectivity index (χ1v) is 12.6. The lowest BCUT2D eigenvalue weighted by atomic mass is 9.77. The smallest absolute Gasteiger partial charge is 0.313 e. The zero-order valence-corrected chi connectivity index (χ0v) is 19.8. The molecule has 2 atom stereocenters. The third-order valence-corrected chi connectivity index (χ3v) is 7.80. The molecule has 8 heteroatoms. The van der Waals surface area contributed by atoms with Crippen LogP contribution in [0, 0.1) is 17.8 Å². The van der Waals surface area contributed by atoms with E-state index in [0.29, 0.717) is 46.7 Å². The van der Waals surface area contributed by atoms with Crippen molar-refractivity contribution in [2.75, 3.05) is 11.5 Å². The molecule has 3 rings (SSSR count). The van der Waals surface area contributed by atoms with Gasteiger partial charge in [0.2, 0.25) is 0 Å². The minimum absolute atomic E-state index is 0.0475. The molecule has 1 aliphatic carbocycles. The van der Waals surface area contributed by atoms with Crippen molar-refractivity contribution >= 4 is 46.5 Å². The Hall–Kier alpha value is -1.28. The number of nitrogens with one attached hydrogen (secondary N) is 1. The van der Waals surface area contributed by atoms with Crippen molar-refractivity contribution in [3.8, 4) is 0 Å². The number of hydrogen-bond acceptors (Lipinski definition) is 7. The molecular weight excluding hydrogens is 442 g/mol. The van der Waals surface area contributed by atoms with Crippen molar-refractivity contribution in [3.05, 3.63) is 45.0 Å². The molecule has 0 saturated carbocycles. The maximum absolute atomic E-state index is 13.1.